The summed E-state index contributed by atoms with van der Waals surface area (Å²) >= 11 is 0. The Labute approximate surface area is 46.7 Å². The summed E-state index contributed by atoms with van der Waals surface area (Å²) in [6.07, 6.45) is 2.66. The first-order valence-electron chi connectivity index (χ1n) is 2.81. The van der Waals surface area contributed by atoms with Crippen LogP contribution in [0.4, 0.5) is 0 Å². The molecule has 0 bridgehead atoms. The van der Waals surface area contributed by atoms with E-state index in [1.807, 2.05) is 0 Å². The minimum atomic E-state index is 0. The molecule has 0 aromatic carbocycles. The largest absolute Gasteiger partial charge is 0.344 e. The van der Waals surface area contributed by atoms with Crippen LogP contribution in [0.3, 0.4) is 0 Å². The van der Waals surface area contributed by atoms with Crippen LogP contribution in [0.2, 0.25) is 0 Å². The molecule has 0 aromatic rings. The fourth-order valence-corrected chi connectivity index (χ4v) is 0.289. The molecule has 0 aliphatic rings. The van der Waals surface area contributed by atoms with E-state index in [4.69, 9.17) is 0 Å². The predicted octanol–water partition coefficient (Wildman–Crippen LogP) is 2.60. The van der Waals surface area contributed by atoms with Gasteiger partial charge in [-0.2, -0.15) is 0 Å². The summed E-state index contributed by atoms with van der Waals surface area (Å²) in [5.74, 6) is 0.935. The lowest BCUT2D eigenvalue weighted by Crippen LogP contribution is -1.85. The highest BCUT2D eigenvalue weighted by molar-refractivity contribution is 4.41. The zero-order valence-corrected chi connectivity index (χ0v) is 5.70. The average Bonchev–Trinajstić information content (AvgIpc) is 1.65. The Morgan fingerprint density at radius 1 is 1.14 bits per heavy atom. The number of rotatable bonds is 2. The van der Waals surface area contributed by atoms with E-state index in [-0.39, 0.29) is 6.15 Å². The van der Waals surface area contributed by atoms with Gasteiger partial charge in [0.2, 0.25) is 0 Å². The molecule has 0 heterocycles. The van der Waals surface area contributed by atoms with Gasteiger partial charge in [0.25, 0.3) is 0 Å². The van der Waals surface area contributed by atoms with Gasteiger partial charge in [0.05, 0.1) is 0 Å². The molecule has 0 fully saturated rings. The van der Waals surface area contributed by atoms with Gasteiger partial charge >= 0.3 is 0 Å². The van der Waals surface area contributed by atoms with Gasteiger partial charge in [0.1, 0.15) is 0 Å². The van der Waals surface area contributed by atoms with Crippen LogP contribution < -0.4 is 6.15 Å². The van der Waals surface area contributed by atoms with Crippen LogP contribution in [0.15, 0.2) is 0 Å². The Morgan fingerprint density at radius 2 is 1.43 bits per heavy atom. The molecule has 0 saturated carbocycles. The molecule has 7 heavy (non-hydrogen) atoms. The van der Waals surface area contributed by atoms with Crippen molar-refractivity contribution in [3.05, 3.63) is 0 Å². The minimum Gasteiger partial charge on any atom is -0.344 e. The normalized spacial score (nSPS) is 8.57. The topological polar surface area (TPSA) is 35.0 Å². The summed E-state index contributed by atoms with van der Waals surface area (Å²) in [6.45, 7) is 6.74. The fourth-order valence-electron chi connectivity index (χ4n) is 0.289. The first-order chi connectivity index (χ1) is 2.81. The highest BCUT2D eigenvalue weighted by Gasteiger charge is 1.88. The molecule has 0 unspecified atom stereocenters. The molecule has 0 spiro atoms. The zero-order valence-electron chi connectivity index (χ0n) is 5.70. The molecular formula is C6H17N. The molecule has 1 nitrogen and oxygen atoms in total. The van der Waals surface area contributed by atoms with Gasteiger partial charge < -0.3 is 6.15 Å². The van der Waals surface area contributed by atoms with Gasteiger partial charge in [0.15, 0.2) is 0 Å². The maximum absolute atomic E-state index is 2.28. The summed E-state index contributed by atoms with van der Waals surface area (Å²) in [7, 11) is 0. The molecule has 0 saturated heterocycles. The summed E-state index contributed by atoms with van der Waals surface area (Å²) in [6, 6.07) is 0. The van der Waals surface area contributed by atoms with E-state index in [2.05, 4.69) is 20.8 Å². The SMILES string of the molecule is CCC(C)CC.N. The molecule has 0 atom stereocenters. The maximum Gasteiger partial charge on any atom is -0.0448 e. The molecule has 1 heteroatoms. The van der Waals surface area contributed by atoms with Crippen molar-refractivity contribution in [1.29, 1.82) is 0 Å². The summed E-state index contributed by atoms with van der Waals surface area (Å²) in [5.41, 5.74) is 0. The van der Waals surface area contributed by atoms with Gasteiger partial charge in [-0.15, -0.1) is 0 Å². The molecule has 3 N–H and O–H groups in total. The van der Waals surface area contributed by atoms with Gasteiger partial charge in [-0.05, 0) is 5.92 Å². The van der Waals surface area contributed by atoms with Crippen LogP contribution in [0.1, 0.15) is 33.6 Å². The van der Waals surface area contributed by atoms with E-state index in [1.54, 1.807) is 0 Å². The third kappa shape index (κ3) is 5.96. The molecule has 0 aliphatic carbocycles. The van der Waals surface area contributed by atoms with Crippen LogP contribution in [0, 0.1) is 5.92 Å². The lowest BCUT2D eigenvalue weighted by atomic mass is 10.1. The van der Waals surface area contributed by atoms with E-state index >= 15 is 0 Å². The average molecular weight is 103 g/mol. The molecule has 46 valence electrons. The van der Waals surface area contributed by atoms with Crippen LogP contribution in [-0.2, 0) is 0 Å². The molecule has 0 aromatic heterocycles. The van der Waals surface area contributed by atoms with Crippen molar-refractivity contribution in [2.75, 3.05) is 0 Å². The van der Waals surface area contributed by atoms with Crippen LogP contribution in [-0.4, -0.2) is 0 Å². The Kier molecular flexibility index (Phi) is 8.56. The zero-order chi connectivity index (χ0) is 4.99. The Balaban J connectivity index is 0. The second-order valence-corrected chi connectivity index (χ2v) is 1.92. The second-order valence-electron chi connectivity index (χ2n) is 1.92. The van der Waals surface area contributed by atoms with Gasteiger partial charge in [-0.1, -0.05) is 33.6 Å². The standard InChI is InChI=1S/C6H14.H3N/c1-4-6(3)5-2;/h6H,4-5H2,1-3H3;1H3. The quantitative estimate of drug-likeness (QED) is 0.572. The molecule has 0 rings (SSSR count). The lowest BCUT2D eigenvalue weighted by molar-refractivity contribution is 0.544. The minimum absolute atomic E-state index is 0. The van der Waals surface area contributed by atoms with Gasteiger partial charge in [-0.3, -0.25) is 0 Å². The number of hydrogen-bond acceptors (Lipinski definition) is 1. The highest BCUT2D eigenvalue weighted by atomic mass is 14.0. The first-order valence-corrected chi connectivity index (χ1v) is 2.81. The molecule has 0 amide bonds. The number of hydrogen-bond donors (Lipinski definition) is 1. The molecule has 0 radical (unpaired) electrons. The monoisotopic (exact) mass is 103 g/mol. The summed E-state index contributed by atoms with van der Waals surface area (Å²) < 4.78 is 0. The second kappa shape index (κ2) is 5.96. The highest BCUT2D eigenvalue weighted by Crippen LogP contribution is 2.02. The van der Waals surface area contributed by atoms with Crippen molar-refractivity contribution in [3.8, 4) is 0 Å². The summed E-state index contributed by atoms with van der Waals surface area (Å²) in [4.78, 5) is 0. The van der Waals surface area contributed by atoms with E-state index in [0.717, 1.165) is 5.92 Å². The summed E-state index contributed by atoms with van der Waals surface area (Å²) in [5, 5.41) is 0. The Morgan fingerprint density at radius 3 is 1.43 bits per heavy atom. The van der Waals surface area contributed by atoms with Crippen molar-refractivity contribution in [2.24, 2.45) is 5.92 Å². The van der Waals surface area contributed by atoms with Crippen molar-refractivity contribution in [3.63, 3.8) is 0 Å². The van der Waals surface area contributed by atoms with E-state index in [1.165, 1.54) is 12.8 Å². The van der Waals surface area contributed by atoms with Gasteiger partial charge in [0, 0.05) is 0 Å². The Hall–Kier alpha value is -0.0400. The third-order valence-electron chi connectivity index (χ3n) is 1.39. The first kappa shape index (κ1) is 10.0. The molecular weight excluding hydrogens is 86.1 g/mol. The van der Waals surface area contributed by atoms with E-state index in [9.17, 15) is 0 Å². The van der Waals surface area contributed by atoms with Crippen molar-refractivity contribution < 1.29 is 0 Å². The lowest BCUT2D eigenvalue weighted by Gasteiger charge is -1.98. The van der Waals surface area contributed by atoms with Crippen molar-refractivity contribution in [2.45, 2.75) is 33.6 Å². The van der Waals surface area contributed by atoms with Crippen LogP contribution in [0.25, 0.3) is 0 Å². The van der Waals surface area contributed by atoms with Crippen molar-refractivity contribution in [1.82, 2.24) is 6.15 Å². The molecule has 0 aliphatic heterocycles. The fraction of sp³-hybridized carbons (Fsp3) is 1.00. The van der Waals surface area contributed by atoms with Crippen LogP contribution in [0.5, 0.6) is 0 Å². The van der Waals surface area contributed by atoms with E-state index < -0.39 is 0 Å². The third-order valence-corrected chi connectivity index (χ3v) is 1.39. The van der Waals surface area contributed by atoms with Gasteiger partial charge in [-0.25, -0.2) is 0 Å². The predicted molar refractivity (Wildman–Crippen MR) is 34.8 cm³/mol. The Bertz CT molecular complexity index is 23.4. The van der Waals surface area contributed by atoms with E-state index in [0.29, 0.717) is 0 Å². The van der Waals surface area contributed by atoms with Crippen LogP contribution >= 0.6 is 0 Å². The smallest absolute Gasteiger partial charge is 0.0448 e. The maximum atomic E-state index is 2.28. The van der Waals surface area contributed by atoms with Crippen molar-refractivity contribution >= 4 is 0 Å².